The molecular weight excluding hydrogens is 176 g/mol. The Morgan fingerprint density at radius 1 is 1.14 bits per heavy atom. The molecule has 82 valence electrons. The van der Waals surface area contributed by atoms with Crippen molar-refractivity contribution in [1.29, 1.82) is 0 Å². The average molecular weight is 198 g/mol. The molecule has 0 saturated heterocycles. The predicted molar refractivity (Wildman–Crippen MR) is 56.0 cm³/mol. The van der Waals surface area contributed by atoms with Crippen LogP contribution in [0.2, 0.25) is 0 Å². The lowest BCUT2D eigenvalue weighted by atomic mass is 9.54. The van der Waals surface area contributed by atoms with E-state index in [0.29, 0.717) is 0 Å². The van der Waals surface area contributed by atoms with Crippen molar-refractivity contribution < 1.29 is 10.2 Å². The minimum atomic E-state index is -0.571. The zero-order valence-electron chi connectivity index (χ0n) is 9.13. The summed E-state index contributed by atoms with van der Waals surface area (Å²) in [5.41, 5.74) is -0.491. The predicted octanol–water partition coefficient (Wildman–Crippen LogP) is 2.09. The normalized spacial score (nSPS) is 48.6. The van der Waals surface area contributed by atoms with E-state index in [1.165, 1.54) is 12.8 Å². The molecule has 14 heavy (non-hydrogen) atoms. The Morgan fingerprint density at radius 3 is 2.50 bits per heavy atom. The Bertz CT molecular complexity index is 212. The van der Waals surface area contributed by atoms with Crippen LogP contribution in [0.5, 0.6) is 0 Å². The van der Waals surface area contributed by atoms with Crippen LogP contribution >= 0.6 is 0 Å². The summed E-state index contributed by atoms with van der Waals surface area (Å²) in [6.07, 6.45) is 7.72. The fourth-order valence-electron chi connectivity index (χ4n) is 3.69. The van der Waals surface area contributed by atoms with Crippen LogP contribution in [0.3, 0.4) is 0 Å². The Balaban J connectivity index is 2.26. The van der Waals surface area contributed by atoms with E-state index in [4.69, 9.17) is 0 Å². The number of hydrogen-bond acceptors (Lipinski definition) is 2. The highest BCUT2D eigenvalue weighted by atomic mass is 16.3. The highest BCUT2D eigenvalue weighted by molar-refractivity contribution is 5.05. The molecule has 2 N–H and O–H groups in total. The molecule has 2 aliphatic rings. The lowest BCUT2D eigenvalue weighted by Gasteiger charge is -2.55. The molecule has 0 aromatic rings. The zero-order chi connectivity index (χ0) is 10.2. The molecule has 0 unspecified atom stereocenters. The van der Waals surface area contributed by atoms with Gasteiger partial charge in [-0.1, -0.05) is 26.2 Å². The van der Waals surface area contributed by atoms with Crippen molar-refractivity contribution in [3.05, 3.63) is 0 Å². The lowest BCUT2D eigenvalue weighted by Crippen LogP contribution is -2.57. The van der Waals surface area contributed by atoms with Gasteiger partial charge in [-0.3, -0.25) is 0 Å². The van der Waals surface area contributed by atoms with Gasteiger partial charge in [-0.2, -0.15) is 0 Å². The largest absolute Gasteiger partial charge is 0.396 e. The fourth-order valence-corrected chi connectivity index (χ4v) is 3.69. The number of fused-ring (bicyclic) bond motifs is 1. The third kappa shape index (κ3) is 1.31. The van der Waals surface area contributed by atoms with Gasteiger partial charge in [0, 0.05) is 12.5 Å². The molecule has 2 rings (SSSR count). The summed E-state index contributed by atoms with van der Waals surface area (Å²) in [6, 6.07) is 0. The number of hydrogen-bond donors (Lipinski definition) is 2. The van der Waals surface area contributed by atoms with E-state index in [1.807, 2.05) is 0 Å². The highest BCUT2D eigenvalue weighted by Crippen LogP contribution is 2.55. The maximum absolute atomic E-state index is 10.8. The first-order chi connectivity index (χ1) is 6.62. The molecule has 2 nitrogen and oxygen atoms in total. The highest BCUT2D eigenvalue weighted by Gasteiger charge is 2.54. The summed E-state index contributed by atoms with van der Waals surface area (Å²) >= 11 is 0. The van der Waals surface area contributed by atoms with E-state index in [-0.39, 0.29) is 17.9 Å². The van der Waals surface area contributed by atoms with Gasteiger partial charge in [0.2, 0.25) is 0 Å². The van der Waals surface area contributed by atoms with Crippen LogP contribution < -0.4 is 0 Å². The van der Waals surface area contributed by atoms with Crippen molar-refractivity contribution in [3.8, 4) is 0 Å². The quantitative estimate of drug-likeness (QED) is 0.677. The summed E-state index contributed by atoms with van der Waals surface area (Å²) in [5.74, 6) is 0.126. The number of rotatable bonds is 1. The van der Waals surface area contributed by atoms with Gasteiger partial charge in [-0.25, -0.2) is 0 Å². The lowest BCUT2D eigenvalue weighted by molar-refractivity contribution is -0.178. The maximum atomic E-state index is 10.8. The van der Waals surface area contributed by atoms with E-state index in [2.05, 4.69) is 6.92 Å². The summed E-state index contributed by atoms with van der Waals surface area (Å²) in [7, 11) is 0. The maximum Gasteiger partial charge on any atom is 0.0750 e. The van der Waals surface area contributed by atoms with Gasteiger partial charge >= 0.3 is 0 Å². The van der Waals surface area contributed by atoms with E-state index in [0.717, 1.165) is 32.1 Å². The minimum absolute atomic E-state index is 0.0803. The van der Waals surface area contributed by atoms with E-state index >= 15 is 0 Å². The summed E-state index contributed by atoms with van der Waals surface area (Å²) in [4.78, 5) is 0. The second kappa shape index (κ2) is 3.49. The van der Waals surface area contributed by atoms with Crippen molar-refractivity contribution in [3.63, 3.8) is 0 Å². The zero-order valence-corrected chi connectivity index (χ0v) is 9.13. The van der Waals surface area contributed by atoms with Crippen LogP contribution in [0.4, 0.5) is 0 Å². The third-order valence-electron chi connectivity index (χ3n) is 4.76. The van der Waals surface area contributed by atoms with Crippen LogP contribution in [0.15, 0.2) is 0 Å². The molecule has 0 aromatic heterocycles. The average Bonchev–Trinajstić information content (AvgIpc) is 2.17. The summed E-state index contributed by atoms with van der Waals surface area (Å²) < 4.78 is 0. The molecule has 0 spiro atoms. The Hall–Kier alpha value is -0.0800. The van der Waals surface area contributed by atoms with E-state index < -0.39 is 5.60 Å². The van der Waals surface area contributed by atoms with Crippen molar-refractivity contribution in [2.75, 3.05) is 6.61 Å². The van der Waals surface area contributed by atoms with Gasteiger partial charge in [0.1, 0.15) is 0 Å². The van der Waals surface area contributed by atoms with Crippen LogP contribution in [0.25, 0.3) is 0 Å². The molecule has 3 atom stereocenters. The molecule has 0 aliphatic heterocycles. The van der Waals surface area contributed by atoms with Crippen molar-refractivity contribution >= 4 is 0 Å². The smallest absolute Gasteiger partial charge is 0.0750 e. The van der Waals surface area contributed by atoms with Crippen LogP contribution in [-0.4, -0.2) is 22.4 Å². The van der Waals surface area contributed by atoms with Crippen LogP contribution in [0.1, 0.15) is 51.9 Å². The first kappa shape index (κ1) is 10.4. The first-order valence-corrected chi connectivity index (χ1v) is 5.96. The van der Waals surface area contributed by atoms with Crippen molar-refractivity contribution in [2.45, 2.75) is 57.5 Å². The molecule has 2 saturated carbocycles. The van der Waals surface area contributed by atoms with Gasteiger partial charge in [0.25, 0.3) is 0 Å². The number of aliphatic hydroxyl groups is 2. The summed E-state index contributed by atoms with van der Waals surface area (Å²) in [6.45, 7) is 2.38. The molecule has 0 bridgehead atoms. The standard InChI is InChI=1S/C12H22O2/c1-11-6-2-3-8-12(11,14)10(9-13)5-4-7-11/h10,13-14H,2-9H2,1H3/t10-,11-,12+/m1/s1. The molecular formula is C12H22O2. The molecule has 0 radical (unpaired) electrons. The minimum Gasteiger partial charge on any atom is -0.396 e. The molecule has 0 heterocycles. The molecule has 0 amide bonds. The second-order valence-electron chi connectivity index (χ2n) is 5.46. The SMILES string of the molecule is C[C@]12CCCC[C@]1(O)[C@@H](CO)CCC2. The second-order valence-corrected chi connectivity index (χ2v) is 5.46. The van der Waals surface area contributed by atoms with Crippen LogP contribution in [-0.2, 0) is 0 Å². The van der Waals surface area contributed by atoms with Crippen molar-refractivity contribution in [2.24, 2.45) is 11.3 Å². The van der Waals surface area contributed by atoms with Crippen molar-refractivity contribution in [1.82, 2.24) is 0 Å². The topological polar surface area (TPSA) is 40.5 Å². The molecule has 2 fully saturated rings. The van der Waals surface area contributed by atoms with Gasteiger partial charge in [-0.15, -0.1) is 0 Å². The molecule has 0 aromatic carbocycles. The Kier molecular flexibility index (Phi) is 2.61. The van der Waals surface area contributed by atoms with Crippen LogP contribution in [0, 0.1) is 11.3 Å². The van der Waals surface area contributed by atoms with Gasteiger partial charge in [0.15, 0.2) is 0 Å². The van der Waals surface area contributed by atoms with Gasteiger partial charge in [0.05, 0.1) is 5.60 Å². The summed E-state index contributed by atoms with van der Waals surface area (Å²) in [5, 5.41) is 20.1. The Labute approximate surface area is 86.3 Å². The molecule has 2 aliphatic carbocycles. The van der Waals surface area contributed by atoms with Gasteiger partial charge in [-0.05, 0) is 31.1 Å². The Morgan fingerprint density at radius 2 is 1.79 bits per heavy atom. The molecule has 2 heteroatoms. The van der Waals surface area contributed by atoms with E-state index in [1.54, 1.807) is 0 Å². The first-order valence-electron chi connectivity index (χ1n) is 5.96. The monoisotopic (exact) mass is 198 g/mol. The number of aliphatic hydroxyl groups excluding tert-OH is 1. The fraction of sp³-hybridized carbons (Fsp3) is 1.00. The third-order valence-corrected chi connectivity index (χ3v) is 4.76. The van der Waals surface area contributed by atoms with Gasteiger partial charge < -0.3 is 10.2 Å². The van der Waals surface area contributed by atoms with E-state index in [9.17, 15) is 10.2 Å².